The van der Waals surface area contributed by atoms with Crippen LogP contribution in [0.25, 0.3) is 11.0 Å². The highest BCUT2D eigenvalue weighted by molar-refractivity contribution is 5.76. The summed E-state index contributed by atoms with van der Waals surface area (Å²) < 4.78 is 16.5. The average molecular weight is 418 g/mol. The molecule has 166 valence electrons. The predicted molar refractivity (Wildman–Crippen MR) is 119 cm³/mol. The van der Waals surface area contributed by atoms with Gasteiger partial charge in [-0.25, -0.2) is 9.18 Å². The molecular formula is C24H36FN3O2. The topological polar surface area (TPSA) is 50.4 Å². The van der Waals surface area contributed by atoms with Crippen LogP contribution in [0.15, 0.2) is 29.1 Å². The number of benzene rings is 1. The van der Waals surface area contributed by atoms with E-state index >= 15 is 0 Å². The number of hydrogen-bond acceptors (Lipinski definition) is 3. The van der Waals surface area contributed by atoms with Crippen molar-refractivity contribution in [1.82, 2.24) is 14.0 Å². The minimum absolute atomic E-state index is 0.0228. The predicted octanol–water partition coefficient (Wildman–Crippen LogP) is 3.99. The maximum absolute atomic E-state index is 13.2. The molecule has 0 spiro atoms. The lowest BCUT2D eigenvalue weighted by atomic mass is 9.88. The number of para-hydroxylation sites is 2. The molecule has 2 unspecified atom stereocenters. The largest absolute Gasteiger partial charge is 0.396 e. The van der Waals surface area contributed by atoms with Crippen molar-refractivity contribution in [2.75, 3.05) is 32.9 Å². The average Bonchev–Trinajstić information content (AvgIpc) is 3.02. The molecule has 4 rings (SSSR count). The van der Waals surface area contributed by atoms with E-state index in [9.17, 15) is 14.3 Å². The van der Waals surface area contributed by atoms with E-state index in [0.717, 1.165) is 43.0 Å². The number of alkyl halides is 1. The second-order valence-electron chi connectivity index (χ2n) is 9.25. The van der Waals surface area contributed by atoms with Gasteiger partial charge in [-0.15, -0.1) is 0 Å². The van der Waals surface area contributed by atoms with Crippen LogP contribution < -0.4 is 5.69 Å². The second kappa shape index (κ2) is 10.1. The van der Waals surface area contributed by atoms with Gasteiger partial charge in [0.1, 0.15) is 6.67 Å². The van der Waals surface area contributed by atoms with Crippen LogP contribution in [0.1, 0.15) is 57.4 Å². The minimum Gasteiger partial charge on any atom is -0.396 e. The standard InChI is InChI=1S/C24H36FN3O2/c25-13-15-27-22-10-6-7-11-23(22)28(24(27)30)21-12-14-26(17-20(21)18-29)16-19-8-4-2-1-3-5-9-19/h6-7,10-11,19-21,29H,1-5,8-9,12-18H2. The lowest BCUT2D eigenvalue weighted by Crippen LogP contribution is -2.46. The lowest BCUT2D eigenvalue weighted by Gasteiger charge is -2.40. The maximum Gasteiger partial charge on any atom is 0.329 e. The van der Waals surface area contributed by atoms with E-state index in [1.165, 1.54) is 44.9 Å². The molecule has 2 aromatic rings. The quantitative estimate of drug-likeness (QED) is 0.773. The highest BCUT2D eigenvalue weighted by Gasteiger charge is 2.33. The van der Waals surface area contributed by atoms with Crippen molar-refractivity contribution in [3.8, 4) is 0 Å². The van der Waals surface area contributed by atoms with Crippen LogP contribution in [0.5, 0.6) is 0 Å². The van der Waals surface area contributed by atoms with Gasteiger partial charge in [0.2, 0.25) is 0 Å². The van der Waals surface area contributed by atoms with Crippen LogP contribution in [-0.2, 0) is 6.54 Å². The van der Waals surface area contributed by atoms with Crippen LogP contribution in [-0.4, -0.2) is 52.1 Å². The Labute approximate surface area is 178 Å². The van der Waals surface area contributed by atoms with Gasteiger partial charge in [0.15, 0.2) is 0 Å². The third-order valence-electron chi connectivity index (χ3n) is 7.26. The van der Waals surface area contributed by atoms with Gasteiger partial charge in [-0.2, -0.15) is 0 Å². The molecule has 2 heterocycles. The number of aryl methyl sites for hydroxylation is 1. The van der Waals surface area contributed by atoms with E-state index in [4.69, 9.17) is 0 Å². The smallest absolute Gasteiger partial charge is 0.329 e. The second-order valence-corrected chi connectivity index (χ2v) is 9.25. The van der Waals surface area contributed by atoms with E-state index in [-0.39, 0.29) is 30.8 Å². The van der Waals surface area contributed by atoms with Crippen molar-refractivity contribution in [3.05, 3.63) is 34.7 Å². The molecule has 2 fully saturated rings. The first-order valence-electron chi connectivity index (χ1n) is 11.8. The first-order valence-corrected chi connectivity index (χ1v) is 11.8. The van der Waals surface area contributed by atoms with Crippen molar-refractivity contribution in [2.45, 2.75) is 64.0 Å². The summed E-state index contributed by atoms with van der Waals surface area (Å²) in [5, 5.41) is 10.2. The summed E-state index contributed by atoms with van der Waals surface area (Å²) in [5.74, 6) is 0.782. The van der Waals surface area contributed by atoms with Gasteiger partial charge >= 0.3 is 5.69 Å². The summed E-state index contributed by atoms with van der Waals surface area (Å²) in [6.45, 7) is 2.48. The number of aliphatic hydroxyl groups excluding tert-OH is 1. The van der Waals surface area contributed by atoms with Gasteiger partial charge in [0.25, 0.3) is 0 Å². The van der Waals surface area contributed by atoms with Gasteiger partial charge in [-0.05, 0) is 37.3 Å². The number of halogens is 1. The Hall–Kier alpha value is -1.66. The SMILES string of the molecule is O=c1n(CCF)c2ccccc2n1C1CCN(CC2CCCCCCC2)CC1CO. The molecule has 1 saturated heterocycles. The molecule has 1 aromatic heterocycles. The summed E-state index contributed by atoms with van der Waals surface area (Å²) in [5.41, 5.74) is 1.49. The van der Waals surface area contributed by atoms with Gasteiger partial charge < -0.3 is 10.0 Å². The Bertz CT molecular complexity index is 869. The van der Waals surface area contributed by atoms with Crippen LogP contribution in [0, 0.1) is 11.8 Å². The molecule has 1 aliphatic carbocycles. The van der Waals surface area contributed by atoms with Crippen molar-refractivity contribution in [2.24, 2.45) is 11.8 Å². The highest BCUT2D eigenvalue weighted by atomic mass is 19.1. The summed E-state index contributed by atoms with van der Waals surface area (Å²) in [6, 6.07) is 7.61. The number of nitrogens with zero attached hydrogens (tertiary/aromatic N) is 3. The number of aromatic nitrogens is 2. The van der Waals surface area contributed by atoms with Gasteiger partial charge in [0, 0.05) is 38.2 Å². The Kier molecular flexibility index (Phi) is 7.26. The maximum atomic E-state index is 13.2. The fraction of sp³-hybridized carbons (Fsp3) is 0.708. The fourth-order valence-electron chi connectivity index (χ4n) is 5.72. The van der Waals surface area contributed by atoms with E-state index < -0.39 is 6.67 Å². The molecular weight excluding hydrogens is 381 g/mol. The first-order chi connectivity index (χ1) is 14.7. The molecule has 0 bridgehead atoms. The lowest BCUT2D eigenvalue weighted by molar-refractivity contribution is 0.0646. The third kappa shape index (κ3) is 4.50. The third-order valence-corrected chi connectivity index (χ3v) is 7.26. The van der Waals surface area contributed by atoms with Crippen molar-refractivity contribution in [1.29, 1.82) is 0 Å². The Balaban J connectivity index is 1.53. The fourth-order valence-corrected chi connectivity index (χ4v) is 5.72. The molecule has 6 heteroatoms. The van der Waals surface area contributed by atoms with Gasteiger partial charge in [-0.3, -0.25) is 9.13 Å². The molecule has 1 aromatic carbocycles. The van der Waals surface area contributed by atoms with Crippen molar-refractivity contribution >= 4 is 11.0 Å². The number of fused-ring (bicyclic) bond motifs is 1. The molecule has 2 atom stereocenters. The van der Waals surface area contributed by atoms with Gasteiger partial charge in [-0.1, -0.05) is 44.2 Å². The first kappa shape index (κ1) is 21.6. The Morgan fingerprint density at radius 2 is 1.70 bits per heavy atom. The summed E-state index contributed by atoms with van der Waals surface area (Å²) in [4.78, 5) is 15.7. The number of aliphatic hydroxyl groups is 1. The van der Waals surface area contributed by atoms with E-state index in [2.05, 4.69) is 4.90 Å². The number of likely N-dealkylation sites (tertiary alicyclic amines) is 1. The van der Waals surface area contributed by atoms with E-state index in [1.54, 1.807) is 4.57 Å². The zero-order valence-corrected chi connectivity index (χ0v) is 18.0. The summed E-state index contributed by atoms with van der Waals surface area (Å²) >= 11 is 0. The molecule has 2 aliphatic rings. The minimum atomic E-state index is -0.558. The zero-order chi connectivity index (χ0) is 20.9. The number of imidazole rings is 1. The number of piperidine rings is 1. The number of hydrogen-bond donors (Lipinski definition) is 1. The Morgan fingerprint density at radius 3 is 2.40 bits per heavy atom. The molecule has 5 nitrogen and oxygen atoms in total. The van der Waals surface area contributed by atoms with Crippen LogP contribution in [0.4, 0.5) is 4.39 Å². The molecule has 1 aliphatic heterocycles. The monoisotopic (exact) mass is 417 g/mol. The molecule has 1 saturated carbocycles. The molecule has 30 heavy (non-hydrogen) atoms. The van der Waals surface area contributed by atoms with Crippen molar-refractivity contribution in [3.63, 3.8) is 0 Å². The van der Waals surface area contributed by atoms with E-state index in [1.807, 2.05) is 28.8 Å². The molecule has 0 radical (unpaired) electrons. The van der Waals surface area contributed by atoms with Crippen LogP contribution in [0.3, 0.4) is 0 Å². The number of rotatable bonds is 6. The zero-order valence-electron chi connectivity index (χ0n) is 18.0. The summed E-state index contributed by atoms with van der Waals surface area (Å²) in [7, 11) is 0. The highest BCUT2D eigenvalue weighted by Crippen LogP contribution is 2.32. The molecule has 0 amide bonds. The van der Waals surface area contributed by atoms with Gasteiger partial charge in [0.05, 0.1) is 17.6 Å². The van der Waals surface area contributed by atoms with Crippen molar-refractivity contribution < 1.29 is 9.50 Å². The normalized spacial score (nSPS) is 24.7. The van der Waals surface area contributed by atoms with Crippen LogP contribution in [0.2, 0.25) is 0 Å². The van der Waals surface area contributed by atoms with Crippen LogP contribution >= 0.6 is 0 Å². The summed E-state index contributed by atoms with van der Waals surface area (Å²) in [6.07, 6.45) is 10.3. The Morgan fingerprint density at radius 1 is 1.00 bits per heavy atom. The molecule has 1 N–H and O–H groups in total. The van der Waals surface area contributed by atoms with E-state index in [0.29, 0.717) is 0 Å².